The van der Waals surface area contributed by atoms with Crippen LogP contribution in [0.1, 0.15) is 34.5 Å². The van der Waals surface area contributed by atoms with Crippen molar-refractivity contribution in [3.05, 3.63) is 71.8 Å². The summed E-state index contributed by atoms with van der Waals surface area (Å²) in [5, 5.41) is -0.0962. The highest BCUT2D eigenvalue weighted by molar-refractivity contribution is 8.13. The van der Waals surface area contributed by atoms with Gasteiger partial charge in [-0.25, -0.2) is 0 Å². The second-order valence-electron chi connectivity index (χ2n) is 4.50. The SMILES string of the molecule is CC(=O)S[C@H](CC(=O)c1ccccc1)c1ccccc1. The van der Waals surface area contributed by atoms with Crippen LogP contribution in [-0.4, -0.2) is 10.9 Å². The van der Waals surface area contributed by atoms with Crippen molar-refractivity contribution in [3.8, 4) is 0 Å². The second kappa shape index (κ2) is 7.06. The van der Waals surface area contributed by atoms with Gasteiger partial charge in [0.15, 0.2) is 10.9 Å². The summed E-state index contributed by atoms with van der Waals surface area (Å²) in [6.45, 7) is 1.54. The Morgan fingerprint density at radius 3 is 2.05 bits per heavy atom. The number of Topliss-reactive ketones (excluding diaryl/α,β-unsaturated/α-hetero) is 1. The number of carbonyl (C=O) groups is 2. The van der Waals surface area contributed by atoms with E-state index in [0.29, 0.717) is 12.0 Å². The van der Waals surface area contributed by atoms with Gasteiger partial charge in [-0.15, -0.1) is 0 Å². The van der Waals surface area contributed by atoms with Gasteiger partial charge in [0.1, 0.15) is 0 Å². The quantitative estimate of drug-likeness (QED) is 0.768. The van der Waals surface area contributed by atoms with Crippen LogP contribution in [0.5, 0.6) is 0 Å². The summed E-state index contributed by atoms with van der Waals surface area (Å²) in [4.78, 5) is 23.7. The van der Waals surface area contributed by atoms with Crippen LogP contribution in [0.4, 0.5) is 0 Å². The van der Waals surface area contributed by atoms with Crippen LogP contribution < -0.4 is 0 Å². The van der Waals surface area contributed by atoms with Crippen LogP contribution >= 0.6 is 11.8 Å². The first kappa shape index (κ1) is 14.5. The van der Waals surface area contributed by atoms with Gasteiger partial charge in [0, 0.05) is 24.2 Å². The normalized spacial score (nSPS) is 11.8. The molecule has 0 N–H and O–H groups in total. The summed E-state index contributed by atoms with van der Waals surface area (Å²) in [6.07, 6.45) is 0.332. The van der Waals surface area contributed by atoms with Crippen LogP contribution in [0.25, 0.3) is 0 Å². The largest absolute Gasteiger partial charge is 0.294 e. The molecule has 0 spiro atoms. The van der Waals surface area contributed by atoms with E-state index < -0.39 is 0 Å². The van der Waals surface area contributed by atoms with E-state index in [1.54, 1.807) is 0 Å². The van der Waals surface area contributed by atoms with Crippen molar-refractivity contribution >= 4 is 22.7 Å². The van der Waals surface area contributed by atoms with E-state index >= 15 is 0 Å². The van der Waals surface area contributed by atoms with Gasteiger partial charge in [-0.3, -0.25) is 9.59 Å². The van der Waals surface area contributed by atoms with Crippen molar-refractivity contribution in [3.63, 3.8) is 0 Å². The second-order valence-corrected chi connectivity index (χ2v) is 5.88. The molecular weight excluding hydrogens is 268 g/mol. The summed E-state index contributed by atoms with van der Waals surface area (Å²) in [5.41, 5.74) is 1.70. The number of hydrogen-bond acceptors (Lipinski definition) is 3. The molecule has 2 nitrogen and oxygen atoms in total. The van der Waals surface area contributed by atoms with Crippen molar-refractivity contribution in [1.82, 2.24) is 0 Å². The lowest BCUT2D eigenvalue weighted by molar-refractivity contribution is -0.109. The highest BCUT2D eigenvalue weighted by atomic mass is 32.2. The zero-order valence-corrected chi connectivity index (χ0v) is 12.1. The fourth-order valence-electron chi connectivity index (χ4n) is 2.01. The van der Waals surface area contributed by atoms with Crippen molar-refractivity contribution < 1.29 is 9.59 Å². The number of benzene rings is 2. The number of thioether (sulfide) groups is 1. The Labute approximate surface area is 123 Å². The van der Waals surface area contributed by atoms with Gasteiger partial charge in [0.05, 0.1) is 0 Å². The molecule has 0 bridgehead atoms. The van der Waals surface area contributed by atoms with Crippen LogP contribution in [0.2, 0.25) is 0 Å². The standard InChI is InChI=1S/C17H16O2S/c1-13(18)20-17(15-10-6-3-7-11-15)12-16(19)14-8-4-2-5-9-14/h2-11,17H,12H2,1H3/t17-/m1/s1. The molecule has 2 rings (SSSR count). The van der Waals surface area contributed by atoms with Gasteiger partial charge in [-0.1, -0.05) is 72.4 Å². The minimum Gasteiger partial charge on any atom is -0.294 e. The number of carbonyl (C=O) groups excluding carboxylic acids is 2. The minimum absolute atomic E-state index is 0.0275. The van der Waals surface area contributed by atoms with Gasteiger partial charge in [0.25, 0.3) is 0 Å². The van der Waals surface area contributed by atoms with Gasteiger partial charge in [-0.2, -0.15) is 0 Å². The molecule has 0 aliphatic carbocycles. The Balaban J connectivity index is 2.16. The molecule has 20 heavy (non-hydrogen) atoms. The minimum atomic E-state index is -0.124. The smallest absolute Gasteiger partial charge is 0.186 e. The predicted molar refractivity (Wildman–Crippen MR) is 82.8 cm³/mol. The van der Waals surface area contributed by atoms with Crippen LogP contribution in [0, 0.1) is 0 Å². The maximum Gasteiger partial charge on any atom is 0.186 e. The Morgan fingerprint density at radius 1 is 0.950 bits per heavy atom. The molecule has 0 aliphatic heterocycles. The summed E-state index contributed by atoms with van der Waals surface area (Å²) in [6, 6.07) is 18.9. The van der Waals surface area contributed by atoms with Gasteiger partial charge < -0.3 is 0 Å². The first-order valence-electron chi connectivity index (χ1n) is 6.47. The molecule has 0 fully saturated rings. The first-order chi connectivity index (χ1) is 9.66. The Kier molecular flexibility index (Phi) is 5.13. The average molecular weight is 284 g/mol. The maximum atomic E-state index is 12.3. The predicted octanol–water partition coefficient (Wildman–Crippen LogP) is 4.28. The zero-order valence-electron chi connectivity index (χ0n) is 11.3. The maximum absolute atomic E-state index is 12.3. The van der Waals surface area contributed by atoms with Crippen LogP contribution in [0.15, 0.2) is 60.7 Å². The van der Waals surface area contributed by atoms with E-state index in [1.807, 2.05) is 60.7 Å². The molecule has 2 aromatic rings. The Bertz CT molecular complexity index is 578. The number of hydrogen-bond donors (Lipinski definition) is 0. The summed E-state index contributed by atoms with van der Waals surface area (Å²) < 4.78 is 0. The van der Waals surface area contributed by atoms with Gasteiger partial charge in [-0.05, 0) is 5.56 Å². The molecular formula is C17H16O2S. The monoisotopic (exact) mass is 284 g/mol. The summed E-state index contributed by atoms with van der Waals surface area (Å²) in [7, 11) is 0. The molecule has 102 valence electrons. The summed E-state index contributed by atoms with van der Waals surface area (Å²) in [5.74, 6) is 0.0632. The van der Waals surface area contributed by atoms with E-state index in [-0.39, 0.29) is 16.1 Å². The lowest BCUT2D eigenvalue weighted by Gasteiger charge is -2.14. The molecule has 0 radical (unpaired) electrons. The molecule has 0 saturated heterocycles. The highest BCUT2D eigenvalue weighted by Crippen LogP contribution is 2.33. The molecule has 0 aliphatic rings. The van der Waals surface area contributed by atoms with E-state index in [9.17, 15) is 9.59 Å². The third kappa shape index (κ3) is 4.07. The molecule has 1 atom stereocenters. The fourth-order valence-corrected chi connectivity index (χ4v) is 2.93. The number of rotatable bonds is 5. The number of ketones is 1. The molecule has 0 heterocycles. The molecule has 0 saturated carbocycles. The van der Waals surface area contributed by atoms with Gasteiger partial charge >= 0.3 is 0 Å². The zero-order chi connectivity index (χ0) is 14.4. The van der Waals surface area contributed by atoms with Crippen molar-refractivity contribution in [2.24, 2.45) is 0 Å². The molecule has 2 aromatic carbocycles. The van der Waals surface area contributed by atoms with Crippen molar-refractivity contribution in [2.75, 3.05) is 0 Å². The molecule has 0 amide bonds. The fraction of sp³-hybridized carbons (Fsp3) is 0.176. The molecule has 0 unspecified atom stereocenters. The van der Waals surface area contributed by atoms with E-state index in [2.05, 4.69) is 0 Å². The van der Waals surface area contributed by atoms with E-state index in [4.69, 9.17) is 0 Å². The van der Waals surface area contributed by atoms with Gasteiger partial charge in [0.2, 0.25) is 0 Å². The third-order valence-electron chi connectivity index (χ3n) is 2.95. The summed E-state index contributed by atoms with van der Waals surface area (Å²) >= 11 is 1.22. The Hall–Kier alpha value is -1.87. The molecule has 0 aromatic heterocycles. The lowest BCUT2D eigenvalue weighted by Crippen LogP contribution is -2.06. The highest BCUT2D eigenvalue weighted by Gasteiger charge is 2.19. The topological polar surface area (TPSA) is 34.1 Å². The molecule has 3 heteroatoms. The average Bonchev–Trinajstić information content (AvgIpc) is 2.48. The lowest BCUT2D eigenvalue weighted by atomic mass is 10.0. The van der Waals surface area contributed by atoms with Crippen molar-refractivity contribution in [2.45, 2.75) is 18.6 Å². The van der Waals surface area contributed by atoms with Crippen LogP contribution in [0.3, 0.4) is 0 Å². The van der Waals surface area contributed by atoms with E-state index in [0.717, 1.165) is 5.56 Å². The first-order valence-corrected chi connectivity index (χ1v) is 7.35. The van der Waals surface area contributed by atoms with Crippen LogP contribution in [-0.2, 0) is 4.79 Å². The third-order valence-corrected chi connectivity index (χ3v) is 4.00. The Morgan fingerprint density at radius 2 is 1.50 bits per heavy atom. The van der Waals surface area contributed by atoms with E-state index in [1.165, 1.54) is 18.7 Å². The van der Waals surface area contributed by atoms with Crippen molar-refractivity contribution in [1.29, 1.82) is 0 Å².